The van der Waals surface area contributed by atoms with Crippen molar-refractivity contribution in [2.75, 3.05) is 7.11 Å². The number of nitrogens with one attached hydrogen (secondary N) is 2. The van der Waals surface area contributed by atoms with Gasteiger partial charge in [0.15, 0.2) is 5.60 Å². The maximum atomic E-state index is 14.2. The molecule has 10 rings (SSSR count). The zero-order valence-electron chi connectivity index (χ0n) is 37.6. The summed E-state index contributed by atoms with van der Waals surface area (Å²) in [5, 5.41) is 0. The van der Waals surface area contributed by atoms with Crippen LogP contribution in [0.4, 0.5) is 0 Å². The standard InChI is InChI=1S/C58H54N4O3/c1-36(2)43-26-21-37(3)35-52(43)65-57(63)58(4,64-5)42-24-22-41(23-25-42)56-50-33-31-48(61-50)54(39-17-11-7-12-18-39)46-29-27-44(59-46)53(38-15-9-6-10-16-38)45-28-30-47(60-45)55(40-19-13-8-14-20-40)49-32-34-51(56)62-49/h6-20,22-25,27-34,36-37,43,52,59,62H,21,26,35H2,1-5H3. The first kappa shape index (κ1) is 41.9. The number of fused-ring (bicyclic) bond motifs is 8. The summed E-state index contributed by atoms with van der Waals surface area (Å²) >= 11 is 0. The lowest BCUT2D eigenvalue weighted by molar-refractivity contribution is -0.180. The third-order valence-corrected chi connectivity index (χ3v) is 13.7. The number of H-pyrrole nitrogens is 2. The molecule has 0 amide bonds. The van der Waals surface area contributed by atoms with Crippen LogP contribution in [0.25, 0.3) is 90.9 Å². The molecule has 0 saturated heterocycles. The third-order valence-electron chi connectivity index (χ3n) is 13.7. The van der Waals surface area contributed by atoms with Crippen LogP contribution in [0.5, 0.6) is 0 Å². The highest BCUT2D eigenvalue weighted by molar-refractivity contribution is 6.00. The molecule has 7 nitrogen and oxygen atoms in total. The number of carbonyl (C=O) groups is 1. The van der Waals surface area contributed by atoms with Gasteiger partial charge in [0.1, 0.15) is 6.10 Å². The summed E-state index contributed by atoms with van der Waals surface area (Å²) in [5.41, 5.74) is 14.5. The van der Waals surface area contributed by atoms with E-state index in [-0.39, 0.29) is 12.1 Å². The fourth-order valence-electron chi connectivity index (χ4n) is 10.0. The van der Waals surface area contributed by atoms with Gasteiger partial charge in [0.25, 0.3) is 0 Å². The number of aromatic amines is 2. The zero-order chi connectivity index (χ0) is 44.7. The summed E-state index contributed by atoms with van der Waals surface area (Å²) in [7, 11) is 1.59. The summed E-state index contributed by atoms with van der Waals surface area (Å²) in [6.07, 6.45) is 11.4. The van der Waals surface area contributed by atoms with Gasteiger partial charge in [0.2, 0.25) is 0 Å². The van der Waals surface area contributed by atoms with E-state index in [0.29, 0.717) is 17.8 Å². The van der Waals surface area contributed by atoms with Crippen molar-refractivity contribution < 1.29 is 14.3 Å². The Labute approximate surface area is 381 Å². The Kier molecular flexibility index (Phi) is 11.3. The number of rotatable bonds is 9. The highest BCUT2D eigenvalue weighted by Gasteiger charge is 2.41. The predicted molar refractivity (Wildman–Crippen MR) is 266 cm³/mol. The molecule has 1 aliphatic carbocycles. The van der Waals surface area contributed by atoms with Gasteiger partial charge in [-0.3, -0.25) is 0 Å². The number of ether oxygens (including phenoxy) is 2. The van der Waals surface area contributed by atoms with E-state index in [4.69, 9.17) is 19.4 Å². The predicted octanol–water partition coefficient (Wildman–Crippen LogP) is 14.2. The van der Waals surface area contributed by atoms with Gasteiger partial charge < -0.3 is 19.4 Å². The number of hydrogen-bond donors (Lipinski definition) is 2. The molecule has 5 heterocycles. The second kappa shape index (κ2) is 17.5. The molecule has 65 heavy (non-hydrogen) atoms. The van der Waals surface area contributed by atoms with Crippen LogP contribution >= 0.6 is 0 Å². The molecule has 7 heteroatoms. The monoisotopic (exact) mass is 854 g/mol. The minimum Gasteiger partial charge on any atom is -0.460 e. The average Bonchev–Trinajstić information content (AvgIpc) is 4.19. The minimum atomic E-state index is -1.30. The fraction of sp³-hybridized carbons (Fsp3) is 0.224. The second-order valence-corrected chi connectivity index (χ2v) is 18.2. The molecular formula is C58H54N4O3. The summed E-state index contributed by atoms with van der Waals surface area (Å²) in [5.74, 6) is 0.898. The summed E-state index contributed by atoms with van der Waals surface area (Å²) in [4.78, 5) is 32.7. The van der Waals surface area contributed by atoms with Crippen molar-refractivity contribution in [2.45, 2.75) is 58.7 Å². The van der Waals surface area contributed by atoms with Crippen molar-refractivity contribution in [1.82, 2.24) is 19.9 Å². The van der Waals surface area contributed by atoms with Gasteiger partial charge in [-0.05, 0) is 114 Å². The molecule has 3 aliphatic rings. The van der Waals surface area contributed by atoms with E-state index in [1.165, 1.54) is 0 Å². The number of esters is 1. The van der Waals surface area contributed by atoms with Crippen LogP contribution in [-0.4, -0.2) is 39.1 Å². The molecule has 0 radical (unpaired) electrons. The van der Waals surface area contributed by atoms with Gasteiger partial charge in [-0.1, -0.05) is 142 Å². The molecule has 1 saturated carbocycles. The quantitative estimate of drug-likeness (QED) is 0.141. The largest absolute Gasteiger partial charge is 0.460 e. The number of benzene rings is 4. The molecule has 8 bridgehead atoms. The van der Waals surface area contributed by atoms with Gasteiger partial charge in [0.05, 0.1) is 22.8 Å². The molecule has 324 valence electrons. The fourth-order valence-corrected chi connectivity index (χ4v) is 10.0. The number of hydrogen-bond acceptors (Lipinski definition) is 5. The Balaban J connectivity index is 1.20. The number of methoxy groups -OCH3 is 1. The van der Waals surface area contributed by atoms with Crippen molar-refractivity contribution in [1.29, 1.82) is 0 Å². The Morgan fingerprint density at radius 3 is 1.32 bits per heavy atom. The molecule has 2 aliphatic heterocycles. The Morgan fingerprint density at radius 2 is 0.954 bits per heavy atom. The van der Waals surface area contributed by atoms with E-state index in [9.17, 15) is 4.79 Å². The van der Waals surface area contributed by atoms with E-state index in [1.807, 2.05) is 37.3 Å². The van der Waals surface area contributed by atoms with E-state index in [2.05, 4.69) is 164 Å². The second-order valence-electron chi connectivity index (χ2n) is 18.2. The Morgan fingerprint density at radius 1 is 0.569 bits per heavy atom. The van der Waals surface area contributed by atoms with Gasteiger partial charge in [-0.15, -0.1) is 0 Å². The highest BCUT2D eigenvalue weighted by Crippen LogP contribution is 2.41. The van der Waals surface area contributed by atoms with E-state index in [0.717, 1.165) is 114 Å². The lowest BCUT2D eigenvalue weighted by Gasteiger charge is -2.38. The summed E-state index contributed by atoms with van der Waals surface area (Å²) in [6.45, 7) is 8.52. The van der Waals surface area contributed by atoms with E-state index < -0.39 is 5.60 Å². The molecular weight excluding hydrogens is 801 g/mol. The van der Waals surface area contributed by atoms with Gasteiger partial charge >= 0.3 is 5.97 Å². The van der Waals surface area contributed by atoms with Crippen LogP contribution in [0.2, 0.25) is 0 Å². The number of nitrogens with zero attached hydrogens (tertiary/aromatic N) is 2. The smallest absolute Gasteiger partial charge is 0.343 e. The summed E-state index contributed by atoms with van der Waals surface area (Å²) in [6, 6.07) is 48.0. The van der Waals surface area contributed by atoms with Crippen molar-refractivity contribution >= 4 is 52.3 Å². The first-order valence-electron chi connectivity index (χ1n) is 22.9. The molecule has 7 aromatic rings. The minimum absolute atomic E-state index is 0.138. The molecule has 4 atom stereocenters. The number of aromatic nitrogens is 4. The van der Waals surface area contributed by atoms with Crippen LogP contribution < -0.4 is 0 Å². The average molecular weight is 855 g/mol. The Hall–Kier alpha value is -7.09. The highest BCUT2D eigenvalue weighted by atomic mass is 16.6. The van der Waals surface area contributed by atoms with Gasteiger partial charge in [0, 0.05) is 51.4 Å². The van der Waals surface area contributed by atoms with Crippen LogP contribution in [0.1, 0.15) is 75.3 Å². The maximum Gasteiger partial charge on any atom is 0.343 e. The first-order chi connectivity index (χ1) is 31.7. The van der Waals surface area contributed by atoms with E-state index >= 15 is 0 Å². The van der Waals surface area contributed by atoms with Crippen LogP contribution in [0.3, 0.4) is 0 Å². The SMILES string of the molecule is COC(C)(C(=O)OC1CC(C)CCC1C(C)C)c1ccc(-c2c3nc(c(-c4ccccc4)c4ccc([nH]4)c(-c4ccccc4)c4nc(c(-c5ccccc5)c5ccc2[nH]5)C=C4)C=C3)cc1. The Bertz CT molecular complexity index is 3070. The lowest BCUT2D eigenvalue weighted by Crippen LogP contribution is -2.43. The van der Waals surface area contributed by atoms with Crippen LogP contribution in [-0.2, 0) is 19.9 Å². The van der Waals surface area contributed by atoms with Gasteiger partial charge in [-0.25, -0.2) is 14.8 Å². The molecule has 4 aromatic carbocycles. The van der Waals surface area contributed by atoms with Crippen molar-refractivity contribution in [2.24, 2.45) is 17.8 Å². The molecule has 2 N–H and O–H groups in total. The molecule has 3 aromatic heterocycles. The lowest BCUT2D eigenvalue weighted by atomic mass is 9.75. The van der Waals surface area contributed by atoms with Crippen molar-refractivity contribution in [3.63, 3.8) is 0 Å². The molecule has 4 unspecified atom stereocenters. The maximum absolute atomic E-state index is 14.2. The molecule has 1 fully saturated rings. The third kappa shape index (κ3) is 7.95. The molecule has 0 spiro atoms. The topological polar surface area (TPSA) is 92.9 Å². The first-order valence-corrected chi connectivity index (χ1v) is 22.9. The number of carbonyl (C=O) groups excluding carboxylic acids is 1. The summed E-state index contributed by atoms with van der Waals surface area (Å²) < 4.78 is 12.5. The van der Waals surface area contributed by atoms with Crippen molar-refractivity contribution in [3.8, 4) is 44.5 Å². The van der Waals surface area contributed by atoms with E-state index in [1.54, 1.807) is 7.11 Å². The van der Waals surface area contributed by atoms with Crippen molar-refractivity contribution in [3.05, 3.63) is 168 Å². The van der Waals surface area contributed by atoms with Crippen LogP contribution in [0, 0.1) is 17.8 Å². The van der Waals surface area contributed by atoms with Crippen LogP contribution in [0.15, 0.2) is 140 Å². The van der Waals surface area contributed by atoms with Gasteiger partial charge in [-0.2, -0.15) is 0 Å². The zero-order valence-corrected chi connectivity index (χ0v) is 37.6. The normalized spacial score (nSPS) is 17.8.